The minimum absolute atomic E-state index is 0.244. The molecule has 0 bridgehead atoms. The summed E-state index contributed by atoms with van der Waals surface area (Å²) in [5.41, 5.74) is 2.68. The number of carbonyl (C=O) groups excluding carboxylic acids is 2. The Morgan fingerprint density at radius 1 is 0.564 bits per heavy atom. The van der Waals surface area contributed by atoms with Crippen LogP contribution >= 0.6 is 43.5 Å². The van der Waals surface area contributed by atoms with Crippen molar-refractivity contribution >= 4 is 98.8 Å². The van der Waals surface area contributed by atoms with E-state index >= 15 is 0 Å². The van der Waals surface area contributed by atoms with Crippen LogP contribution in [0, 0.1) is 0 Å². The highest BCUT2D eigenvalue weighted by atomic mass is 79.9. The number of sulfonamides is 2. The maximum absolute atomic E-state index is 12.7. The van der Waals surface area contributed by atoms with Gasteiger partial charge in [0.05, 0.1) is 9.79 Å². The Hall–Kier alpha value is -3.63. The molecule has 2 fully saturated rings. The highest BCUT2D eigenvalue weighted by Gasteiger charge is 2.27. The van der Waals surface area contributed by atoms with E-state index < -0.39 is 20.0 Å². The van der Waals surface area contributed by atoms with Crippen molar-refractivity contribution in [3.8, 4) is 0 Å². The average Bonchev–Trinajstić information content (AvgIpc) is 3.19. The number of halogens is 3. The molecule has 2 aliphatic rings. The molecule has 0 unspecified atom stereocenters. The van der Waals surface area contributed by atoms with Gasteiger partial charge >= 0.3 is 0 Å². The number of hydrogen-bond donors (Lipinski definition) is 2. The number of rotatable bonds is 10. The third-order valence-corrected chi connectivity index (χ3v) is 14.4. The lowest BCUT2D eigenvalue weighted by Gasteiger charge is -2.25. The van der Waals surface area contributed by atoms with Crippen LogP contribution in [0.25, 0.3) is 12.2 Å². The molecule has 2 aliphatic heterocycles. The molecule has 290 valence electrons. The van der Waals surface area contributed by atoms with E-state index in [9.17, 15) is 26.4 Å². The molecule has 15 heteroatoms. The first-order valence-corrected chi connectivity index (χ1v) is 22.6. The van der Waals surface area contributed by atoms with E-state index in [1.807, 2.05) is 36.4 Å². The van der Waals surface area contributed by atoms with Crippen LogP contribution in [-0.2, 0) is 29.6 Å². The Kier molecular flexibility index (Phi) is 15.5. The van der Waals surface area contributed by atoms with Crippen LogP contribution in [0.2, 0.25) is 5.02 Å². The van der Waals surface area contributed by atoms with Gasteiger partial charge in [0.1, 0.15) is 0 Å². The van der Waals surface area contributed by atoms with E-state index in [1.54, 1.807) is 42.5 Å². The molecule has 2 amide bonds. The third-order valence-electron chi connectivity index (χ3n) is 8.87. The van der Waals surface area contributed by atoms with E-state index in [0.717, 1.165) is 58.6 Å². The minimum atomic E-state index is -3.47. The molecule has 6 rings (SSSR count). The summed E-state index contributed by atoms with van der Waals surface area (Å²) in [6.45, 7) is 2.26. The number of amides is 2. The summed E-state index contributed by atoms with van der Waals surface area (Å²) in [5.74, 6) is -0.615. The van der Waals surface area contributed by atoms with Crippen molar-refractivity contribution < 1.29 is 26.4 Å². The zero-order valence-corrected chi connectivity index (χ0v) is 35.4. The zero-order valence-electron chi connectivity index (χ0n) is 29.8. The Morgan fingerprint density at radius 2 is 0.982 bits per heavy atom. The second kappa shape index (κ2) is 20.0. The Bertz CT molecular complexity index is 2220. The predicted octanol–water partition coefficient (Wildman–Crippen LogP) is 9.20. The number of nitrogens with zero attached hydrogens (tertiary/aromatic N) is 2. The summed E-state index contributed by atoms with van der Waals surface area (Å²) in [6.07, 6.45) is 11.9. The smallest absolute Gasteiger partial charge is 0.248 e. The molecule has 4 aromatic rings. The largest absolute Gasteiger partial charge is 0.323 e. The van der Waals surface area contributed by atoms with E-state index in [2.05, 4.69) is 42.5 Å². The lowest BCUT2D eigenvalue weighted by atomic mass is 10.2. The van der Waals surface area contributed by atoms with Gasteiger partial charge in [-0.1, -0.05) is 80.6 Å². The van der Waals surface area contributed by atoms with Crippen molar-refractivity contribution in [1.82, 2.24) is 8.61 Å². The van der Waals surface area contributed by atoms with Crippen molar-refractivity contribution in [2.45, 2.75) is 48.3 Å². The summed E-state index contributed by atoms with van der Waals surface area (Å²) in [5, 5.41) is 6.02. The maximum atomic E-state index is 12.7. The molecule has 0 radical (unpaired) electrons. The first kappa shape index (κ1) is 42.5. The van der Waals surface area contributed by atoms with Crippen molar-refractivity contribution in [3.05, 3.63) is 128 Å². The Balaban J connectivity index is 0.000000211. The van der Waals surface area contributed by atoms with Gasteiger partial charge in [-0.15, -0.1) is 0 Å². The van der Waals surface area contributed by atoms with Crippen LogP contribution in [0.3, 0.4) is 0 Å². The minimum Gasteiger partial charge on any atom is -0.323 e. The van der Waals surface area contributed by atoms with Gasteiger partial charge in [0.25, 0.3) is 0 Å². The zero-order chi connectivity index (χ0) is 39.4. The summed E-state index contributed by atoms with van der Waals surface area (Å²) >= 11 is 12.9. The van der Waals surface area contributed by atoms with E-state index in [-0.39, 0.29) is 21.6 Å². The van der Waals surface area contributed by atoms with Crippen LogP contribution in [-0.4, -0.2) is 63.4 Å². The molecule has 10 nitrogen and oxygen atoms in total. The lowest BCUT2D eigenvalue weighted by molar-refractivity contribution is -0.112. The third kappa shape index (κ3) is 11.9. The molecule has 2 saturated heterocycles. The predicted molar refractivity (Wildman–Crippen MR) is 227 cm³/mol. The van der Waals surface area contributed by atoms with Crippen molar-refractivity contribution in [1.29, 1.82) is 0 Å². The van der Waals surface area contributed by atoms with E-state index in [4.69, 9.17) is 11.6 Å². The Morgan fingerprint density at radius 3 is 1.42 bits per heavy atom. The first-order valence-electron chi connectivity index (χ1n) is 17.7. The number of hydrogen-bond acceptors (Lipinski definition) is 6. The molecule has 0 aliphatic carbocycles. The van der Waals surface area contributed by atoms with Crippen molar-refractivity contribution in [2.75, 3.05) is 36.8 Å². The number of carbonyl (C=O) groups is 2. The topological polar surface area (TPSA) is 133 Å². The second-order valence-corrected chi connectivity index (χ2v) is 18.8. The van der Waals surface area contributed by atoms with Crippen LogP contribution < -0.4 is 10.6 Å². The normalized spacial score (nSPS) is 15.7. The summed E-state index contributed by atoms with van der Waals surface area (Å²) in [4.78, 5) is 24.7. The molecular formula is C40H41Br2ClN4O6S2. The Labute approximate surface area is 345 Å². The van der Waals surface area contributed by atoms with Crippen LogP contribution in [0.1, 0.15) is 49.7 Å². The fourth-order valence-electron chi connectivity index (χ4n) is 5.90. The lowest BCUT2D eigenvalue weighted by Crippen LogP contribution is -2.35. The molecular weight excluding hydrogens is 892 g/mol. The molecule has 0 atom stereocenters. The van der Waals surface area contributed by atoms with Gasteiger partial charge in [-0.2, -0.15) is 8.61 Å². The van der Waals surface area contributed by atoms with Crippen molar-refractivity contribution in [2.24, 2.45) is 0 Å². The van der Waals surface area contributed by atoms with Crippen molar-refractivity contribution in [3.63, 3.8) is 0 Å². The molecule has 4 aromatic carbocycles. The van der Waals surface area contributed by atoms with Crippen LogP contribution in [0.4, 0.5) is 11.4 Å². The second-order valence-electron chi connectivity index (χ2n) is 12.8. The highest BCUT2D eigenvalue weighted by molar-refractivity contribution is 9.11. The molecule has 2 N–H and O–H groups in total. The molecule has 2 heterocycles. The first-order chi connectivity index (χ1) is 26.3. The maximum Gasteiger partial charge on any atom is 0.248 e. The number of piperidine rings is 2. The van der Waals surface area contributed by atoms with Gasteiger partial charge in [0, 0.05) is 69.2 Å². The number of nitrogens with one attached hydrogen (secondary N) is 2. The van der Waals surface area contributed by atoms with Gasteiger partial charge in [0.2, 0.25) is 31.9 Å². The van der Waals surface area contributed by atoms with Gasteiger partial charge in [-0.05, 0) is 110 Å². The van der Waals surface area contributed by atoms with Gasteiger partial charge in [-0.3, -0.25) is 9.59 Å². The summed E-state index contributed by atoms with van der Waals surface area (Å²) < 4.78 is 55.4. The molecule has 0 spiro atoms. The molecule has 0 aromatic heterocycles. The fraction of sp³-hybridized carbons (Fsp3) is 0.250. The standard InChI is InChI=1S/C20H20Br2N2O3S.C20H21ClN2O3S/c21-18-5-4-6-19(22)17(18)11-12-20(25)23-15-7-9-16(10-8-15)28(26,27)24-13-2-1-3-14-24;21-19-7-3-2-6-16(19)8-13-20(24)22-17-9-11-18(12-10-17)27(25,26)23-14-4-1-5-15-23/h4-12H,1-3,13-14H2,(H,23,25);2-3,6-13H,1,4-5,14-15H2,(H,22,24)/b12-11+;13-8+. The van der Waals surface area contributed by atoms with E-state index in [0.29, 0.717) is 42.6 Å². The number of anilines is 2. The SMILES string of the molecule is O=C(/C=C/c1c(Br)cccc1Br)Nc1ccc(S(=O)(=O)N2CCCCC2)cc1.O=C(/C=C/c1ccccc1Cl)Nc1ccc(S(=O)(=O)N2CCCCC2)cc1. The van der Waals surface area contributed by atoms with E-state index in [1.165, 1.54) is 45.0 Å². The van der Waals surface area contributed by atoms with Gasteiger partial charge in [0.15, 0.2) is 0 Å². The van der Waals surface area contributed by atoms with Gasteiger partial charge < -0.3 is 10.6 Å². The van der Waals surface area contributed by atoms with Gasteiger partial charge in [-0.25, -0.2) is 16.8 Å². The van der Waals surface area contributed by atoms with Crippen LogP contribution in [0.5, 0.6) is 0 Å². The fourth-order valence-corrected chi connectivity index (χ4v) is 10.4. The molecule has 0 saturated carbocycles. The summed E-state index contributed by atoms with van der Waals surface area (Å²) in [7, 11) is -6.93. The van der Waals surface area contributed by atoms with Crippen LogP contribution in [0.15, 0.2) is 122 Å². The number of benzene rings is 4. The quantitative estimate of drug-likeness (QED) is 0.153. The highest BCUT2D eigenvalue weighted by Crippen LogP contribution is 2.27. The summed E-state index contributed by atoms with van der Waals surface area (Å²) in [6, 6.07) is 25.4. The average molecular weight is 933 g/mol. The molecule has 55 heavy (non-hydrogen) atoms. The monoisotopic (exact) mass is 930 g/mol.